The number of nitrogens with zero attached hydrogens (tertiary/aromatic N) is 1. The van der Waals surface area contributed by atoms with E-state index in [9.17, 15) is 0 Å². The third-order valence-corrected chi connectivity index (χ3v) is 12.6. The third-order valence-electron chi connectivity index (χ3n) is 12.6. The van der Waals surface area contributed by atoms with Gasteiger partial charge in [-0.1, -0.05) is 212 Å². The smallest absolute Gasteiger partial charge is 0.0796 e. The summed E-state index contributed by atoms with van der Waals surface area (Å²) in [5, 5.41) is 0. The van der Waals surface area contributed by atoms with Crippen molar-refractivity contribution in [3.05, 3.63) is 280 Å². The fourth-order valence-corrected chi connectivity index (χ4v) is 10.4. The lowest BCUT2D eigenvalue weighted by Crippen LogP contribution is -2.44. The summed E-state index contributed by atoms with van der Waals surface area (Å²) in [4.78, 5) is 5.42. The molecule has 3 unspecified atom stereocenters. The maximum absolute atomic E-state index is 5.42. The van der Waals surface area contributed by atoms with Crippen LogP contribution in [0, 0.1) is 0 Å². The van der Waals surface area contributed by atoms with Crippen LogP contribution in [0.5, 0.6) is 0 Å². The van der Waals surface area contributed by atoms with E-state index in [-0.39, 0.29) is 6.04 Å². The molecular weight excluding hydrogens is 675 g/mol. The van der Waals surface area contributed by atoms with Crippen molar-refractivity contribution in [2.75, 3.05) is 0 Å². The van der Waals surface area contributed by atoms with E-state index in [1.54, 1.807) is 0 Å². The van der Waals surface area contributed by atoms with Crippen LogP contribution in [0.1, 0.15) is 73.7 Å². The first-order chi connectivity index (χ1) is 27.8. The van der Waals surface area contributed by atoms with Crippen molar-refractivity contribution in [2.45, 2.75) is 23.3 Å². The van der Waals surface area contributed by atoms with Gasteiger partial charge in [0.1, 0.15) is 0 Å². The number of aliphatic imine (C=N–C) groups is 1. The van der Waals surface area contributed by atoms with Gasteiger partial charge < -0.3 is 0 Å². The van der Waals surface area contributed by atoms with Gasteiger partial charge in [-0.15, -0.1) is 0 Å². The molecule has 8 aromatic carbocycles. The summed E-state index contributed by atoms with van der Waals surface area (Å²) in [6, 6.07) is 78.7. The summed E-state index contributed by atoms with van der Waals surface area (Å²) < 4.78 is 0. The summed E-state index contributed by atoms with van der Waals surface area (Å²) in [6.07, 6.45) is 3.16. The number of hydrogen-bond acceptors (Lipinski definition) is 1. The van der Waals surface area contributed by atoms with Crippen molar-refractivity contribution in [3.63, 3.8) is 0 Å². The van der Waals surface area contributed by atoms with E-state index >= 15 is 0 Å². The van der Waals surface area contributed by atoms with E-state index in [2.05, 4.69) is 218 Å². The molecule has 0 bridgehead atoms. The van der Waals surface area contributed by atoms with E-state index in [1.165, 1.54) is 72.3 Å². The third kappa shape index (κ3) is 4.58. The summed E-state index contributed by atoms with van der Waals surface area (Å²) in [5.41, 5.74) is 18.0. The zero-order valence-corrected chi connectivity index (χ0v) is 31.0. The van der Waals surface area contributed by atoms with Crippen LogP contribution in [0.2, 0.25) is 0 Å². The SMILES string of the molecule is C1=C(c2ccccc2C2(c3ccccc3)c3ccccc3C3(c4ccccc4)c4ccccc4-c4cccc2c43)CC(c2ccccc2)N=C1c1ccccc1. The normalized spacial score (nSPS) is 20.2. The molecule has 1 heterocycles. The molecule has 8 aromatic rings. The lowest BCUT2D eigenvalue weighted by Gasteiger charge is -2.50. The van der Waals surface area contributed by atoms with E-state index in [4.69, 9.17) is 4.99 Å². The van der Waals surface area contributed by atoms with Crippen molar-refractivity contribution in [3.8, 4) is 11.1 Å². The summed E-state index contributed by atoms with van der Waals surface area (Å²) in [7, 11) is 0. The Balaban J connectivity index is 1.25. The van der Waals surface area contributed by atoms with Gasteiger partial charge in [0.05, 0.1) is 22.6 Å². The monoisotopic (exact) mass is 713 g/mol. The summed E-state index contributed by atoms with van der Waals surface area (Å²) >= 11 is 0. The van der Waals surface area contributed by atoms with Gasteiger partial charge in [0, 0.05) is 0 Å². The Bertz CT molecular complexity index is 2820. The average molecular weight is 714 g/mol. The molecule has 0 aromatic heterocycles. The Hall–Kier alpha value is -6.83. The first kappa shape index (κ1) is 32.6. The highest BCUT2D eigenvalue weighted by molar-refractivity contribution is 6.13. The molecule has 1 heteroatoms. The fraction of sp³-hybridized carbons (Fsp3) is 0.0727. The van der Waals surface area contributed by atoms with Gasteiger partial charge in [-0.2, -0.15) is 0 Å². The summed E-state index contributed by atoms with van der Waals surface area (Å²) in [6.45, 7) is 0. The Morgan fingerprint density at radius 3 is 1.50 bits per heavy atom. The van der Waals surface area contributed by atoms with E-state index in [0.29, 0.717) is 0 Å². The highest BCUT2D eigenvalue weighted by Gasteiger charge is 2.57. The number of hydrogen-bond donors (Lipinski definition) is 0. The first-order valence-electron chi connectivity index (χ1n) is 19.7. The molecule has 3 aliphatic rings. The van der Waals surface area contributed by atoms with Gasteiger partial charge in [0.15, 0.2) is 0 Å². The van der Waals surface area contributed by atoms with Gasteiger partial charge in [-0.25, -0.2) is 0 Å². The van der Waals surface area contributed by atoms with Gasteiger partial charge in [0.25, 0.3) is 0 Å². The molecule has 0 spiro atoms. The molecular formula is C55H39N. The van der Waals surface area contributed by atoms with E-state index < -0.39 is 10.8 Å². The zero-order chi connectivity index (χ0) is 37.1. The minimum atomic E-state index is -0.634. The number of rotatable bonds is 6. The van der Waals surface area contributed by atoms with Gasteiger partial charge in [0.2, 0.25) is 0 Å². The van der Waals surface area contributed by atoms with Crippen molar-refractivity contribution in [1.29, 1.82) is 0 Å². The minimum absolute atomic E-state index is 0.00742. The van der Waals surface area contributed by atoms with Crippen LogP contribution in [0.15, 0.2) is 223 Å². The average Bonchev–Trinajstić information content (AvgIpc) is 3.60. The standard InChI is InChI=1S/C55H39N/c1-5-20-38(21-6-1)51-36-40(37-52(56-51)39-22-7-2-8-23-39)43-28-13-15-31-46(43)54(41-24-9-3-10-25-41)48-33-17-18-34-49(48)55(42-26-11-4-12-27-42)47-32-16-14-29-44(47)45-30-19-35-50(54)53(45)55/h1-36,52H,37H2. The maximum Gasteiger partial charge on any atom is 0.0796 e. The molecule has 0 amide bonds. The molecule has 0 saturated carbocycles. The van der Waals surface area contributed by atoms with Crippen molar-refractivity contribution >= 4 is 11.3 Å². The Morgan fingerprint density at radius 1 is 0.375 bits per heavy atom. The van der Waals surface area contributed by atoms with E-state index in [0.717, 1.165) is 17.7 Å². The Morgan fingerprint density at radius 2 is 0.839 bits per heavy atom. The van der Waals surface area contributed by atoms with Crippen LogP contribution in [-0.2, 0) is 10.8 Å². The van der Waals surface area contributed by atoms with Gasteiger partial charge >= 0.3 is 0 Å². The second-order valence-electron chi connectivity index (χ2n) is 15.3. The van der Waals surface area contributed by atoms with Crippen molar-refractivity contribution in [1.82, 2.24) is 0 Å². The topological polar surface area (TPSA) is 12.4 Å². The fourth-order valence-electron chi connectivity index (χ4n) is 10.4. The molecule has 0 saturated heterocycles. The van der Waals surface area contributed by atoms with E-state index in [1.807, 2.05) is 0 Å². The lowest BCUT2D eigenvalue weighted by atomic mass is 9.51. The predicted octanol–water partition coefficient (Wildman–Crippen LogP) is 12.8. The molecule has 56 heavy (non-hydrogen) atoms. The first-order valence-corrected chi connectivity index (χ1v) is 19.7. The molecule has 11 rings (SSSR count). The molecule has 1 nitrogen and oxygen atoms in total. The van der Waals surface area contributed by atoms with Crippen LogP contribution in [-0.4, -0.2) is 5.71 Å². The van der Waals surface area contributed by atoms with Crippen molar-refractivity contribution < 1.29 is 0 Å². The highest BCUT2D eigenvalue weighted by Crippen LogP contribution is 2.66. The van der Waals surface area contributed by atoms with Crippen LogP contribution in [0.4, 0.5) is 0 Å². The maximum atomic E-state index is 5.42. The van der Waals surface area contributed by atoms with Crippen LogP contribution in [0.3, 0.4) is 0 Å². The summed E-state index contributed by atoms with van der Waals surface area (Å²) in [5.74, 6) is 0. The highest BCUT2D eigenvalue weighted by atomic mass is 14.8. The Kier molecular flexibility index (Phi) is 7.50. The van der Waals surface area contributed by atoms with Crippen molar-refractivity contribution in [2.24, 2.45) is 4.99 Å². The van der Waals surface area contributed by atoms with Crippen LogP contribution < -0.4 is 0 Å². The Labute approximate surface area is 329 Å². The molecule has 0 N–H and O–H groups in total. The number of dihydropyridines is 1. The molecule has 3 atom stereocenters. The zero-order valence-electron chi connectivity index (χ0n) is 31.0. The molecule has 264 valence electrons. The van der Waals surface area contributed by atoms with Gasteiger partial charge in [-0.3, -0.25) is 4.99 Å². The predicted molar refractivity (Wildman–Crippen MR) is 230 cm³/mol. The molecule has 1 aliphatic heterocycles. The number of benzene rings is 8. The quantitative estimate of drug-likeness (QED) is 0.163. The second kappa shape index (κ2) is 12.9. The molecule has 2 aliphatic carbocycles. The largest absolute Gasteiger partial charge is 0.276 e. The van der Waals surface area contributed by atoms with Crippen LogP contribution in [0.25, 0.3) is 16.7 Å². The lowest BCUT2D eigenvalue weighted by molar-refractivity contribution is 0.625. The number of allylic oxidation sites excluding steroid dienone is 1. The molecule has 0 fully saturated rings. The minimum Gasteiger partial charge on any atom is -0.276 e. The van der Waals surface area contributed by atoms with Crippen LogP contribution >= 0.6 is 0 Å². The number of fused-ring (bicyclic) bond motifs is 5. The second-order valence-corrected chi connectivity index (χ2v) is 15.3. The molecule has 0 radical (unpaired) electrons. The van der Waals surface area contributed by atoms with Gasteiger partial charge in [-0.05, 0) is 90.4 Å².